The van der Waals surface area contributed by atoms with E-state index in [2.05, 4.69) is 4.74 Å². The van der Waals surface area contributed by atoms with E-state index in [1.54, 1.807) is 0 Å². The Hall–Kier alpha value is -3.13. The lowest BCUT2D eigenvalue weighted by Gasteiger charge is -2.32. The van der Waals surface area contributed by atoms with Crippen LogP contribution in [-0.2, 0) is 15.9 Å². The molecule has 1 saturated heterocycles. The topological polar surface area (TPSA) is 98.9 Å². The number of esters is 1. The molecule has 0 spiro atoms. The van der Waals surface area contributed by atoms with Gasteiger partial charge in [-0.05, 0) is 36.5 Å². The van der Waals surface area contributed by atoms with Crippen LogP contribution < -0.4 is 5.73 Å². The van der Waals surface area contributed by atoms with Gasteiger partial charge in [0.15, 0.2) is 0 Å². The molecule has 3 unspecified atom stereocenters. The Balaban J connectivity index is 1.80. The summed E-state index contributed by atoms with van der Waals surface area (Å²) in [5.41, 5.74) is 5.68. The molecule has 2 aromatic carbocycles. The average molecular weight is 447 g/mol. The van der Waals surface area contributed by atoms with Gasteiger partial charge in [0.05, 0.1) is 23.7 Å². The highest BCUT2D eigenvalue weighted by atomic mass is 35.5. The Morgan fingerprint density at radius 3 is 2.61 bits per heavy atom. The number of hydrogen-bond donors (Lipinski definition) is 1. The minimum absolute atomic E-state index is 0.0113. The number of piperidine rings is 1. The van der Waals surface area contributed by atoms with Gasteiger partial charge in [0, 0.05) is 17.5 Å². The summed E-state index contributed by atoms with van der Waals surface area (Å²) >= 11 is 6.05. The van der Waals surface area contributed by atoms with Gasteiger partial charge in [-0.3, -0.25) is 4.90 Å². The molecule has 0 bridgehead atoms. The van der Waals surface area contributed by atoms with Crippen LogP contribution in [0.15, 0.2) is 42.5 Å². The molecular formula is C22H20ClFN2O5. The second-order valence-electron chi connectivity index (χ2n) is 7.88. The molecule has 2 aromatic rings. The number of nitrogens with two attached hydrogens (primary N) is 1. The predicted octanol–water partition coefficient (Wildman–Crippen LogP) is 4.09. The Kier molecular flexibility index (Phi) is 5.35. The van der Waals surface area contributed by atoms with E-state index in [1.807, 2.05) is 30.3 Å². The van der Waals surface area contributed by atoms with Gasteiger partial charge in [0.2, 0.25) is 0 Å². The number of fused-ring (bicyclic) bond motifs is 1. The molecule has 7 nitrogen and oxygen atoms in total. The zero-order chi connectivity index (χ0) is 22.3. The second-order valence-corrected chi connectivity index (χ2v) is 8.29. The van der Waals surface area contributed by atoms with Gasteiger partial charge in [-0.25, -0.2) is 18.8 Å². The molecule has 1 saturated carbocycles. The number of carbonyl (C=O) groups excluding carboxylic acids is 3. The van der Waals surface area contributed by atoms with Gasteiger partial charge in [-0.15, -0.1) is 0 Å². The van der Waals surface area contributed by atoms with E-state index >= 15 is 4.39 Å². The van der Waals surface area contributed by atoms with Gasteiger partial charge in [-0.2, -0.15) is 0 Å². The van der Waals surface area contributed by atoms with Crippen molar-refractivity contribution in [3.05, 3.63) is 70.0 Å². The summed E-state index contributed by atoms with van der Waals surface area (Å²) < 4.78 is 24.5. The van der Waals surface area contributed by atoms with Crippen molar-refractivity contribution in [3.8, 4) is 0 Å². The number of ether oxygens (including phenoxy) is 2. The molecule has 1 heterocycles. The first-order valence-electron chi connectivity index (χ1n) is 9.66. The quantitative estimate of drug-likeness (QED) is 0.563. The number of rotatable bonds is 4. The molecule has 0 aromatic heterocycles. The van der Waals surface area contributed by atoms with E-state index in [0.29, 0.717) is 6.42 Å². The zero-order valence-corrected chi connectivity index (χ0v) is 17.4. The molecule has 2 amide bonds. The third-order valence-electron chi connectivity index (χ3n) is 6.14. The number of primary amides is 1. The molecule has 2 aliphatic rings. The third-order valence-corrected chi connectivity index (χ3v) is 6.45. The van der Waals surface area contributed by atoms with Gasteiger partial charge in [-0.1, -0.05) is 41.9 Å². The molecule has 162 valence electrons. The van der Waals surface area contributed by atoms with E-state index in [1.165, 1.54) is 18.1 Å². The van der Waals surface area contributed by atoms with E-state index in [0.717, 1.165) is 18.1 Å². The molecule has 4 rings (SSSR count). The molecule has 2 N–H and O–H groups in total. The zero-order valence-electron chi connectivity index (χ0n) is 16.6. The van der Waals surface area contributed by atoms with E-state index in [-0.39, 0.29) is 28.6 Å². The van der Waals surface area contributed by atoms with E-state index in [9.17, 15) is 14.4 Å². The summed E-state index contributed by atoms with van der Waals surface area (Å²) in [5.74, 6) is -1.31. The van der Waals surface area contributed by atoms with Crippen LogP contribution in [-0.4, -0.2) is 36.7 Å². The first kappa shape index (κ1) is 21.1. The number of nitrogens with zero attached hydrogens (tertiary/aromatic N) is 1. The second kappa shape index (κ2) is 7.85. The summed E-state index contributed by atoms with van der Waals surface area (Å²) in [5, 5.41) is -0.0955. The number of amides is 2. The Bertz CT molecular complexity index is 1060. The lowest BCUT2D eigenvalue weighted by Crippen LogP contribution is -2.38. The number of halogens is 2. The summed E-state index contributed by atoms with van der Waals surface area (Å²) in [6, 6.07) is 11.2. The van der Waals surface area contributed by atoms with Crippen LogP contribution in [0.25, 0.3) is 0 Å². The first-order chi connectivity index (χ1) is 14.8. The molecule has 3 atom stereocenters. The van der Waals surface area contributed by atoms with Crippen molar-refractivity contribution < 1.29 is 28.2 Å². The van der Waals surface area contributed by atoms with Crippen LogP contribution >= 0.6 is 11.6 Å². The molecule has 0 radical (unpaired) electrons. The van der Waals surface area contributed by atoms with Crippen molar-refractivity contribution in [2.45, 2.75) is 18.9 Å². The smallest absolute Gasteiger partial charge is 0.419 e. The van der Waals surface area contributed by atoms with Crippen molar-refractivity contribution in [1.82, 2.24) is 4.90 Å². The van der Waals surface area contributed by atoms with Crippen molar-refractivity contribution >= 4 is 29.8 Å². The lowest BCUT2D eigenvalue weighted by molar-refractivity contribution is 0.0600. The van der Waals surface area contributed by atoms with E-state index < -0.39 is 35.4 Å². The highest BCUT2D eigenvalue weighted by molar-refractivity contribution is 6.33. The molecule has 1 aliphatic heterocycles. The van der Waals surface area contributed by atoms with Crippen LogP contribution in [0.4, 0.5) is 14.0 Å². The minimum Gasteiger partial charge on any atom is -0.465 e. The predicted molar refractivity (Wildman–Crippen MR) is 109 cm³/mol. The fraction of sp³-hybridized carbons (Fsp3) is 0.318. The fourth-order valence-electron chi connectivity index (χ4n) is 4.77. The highest BCUT2D eigenvalue weighted by Gasteiger charge is 2.67. The summed E-state index contributed by atoms with van der Waals surface area (Å²) in [7, 11) is 1.20. The fourth-order valence-corrected chi connectivity index (χ4v) is 4.99. The van der Waals surface area contributed by atoms with Crippen LogP contribution in [0.3, 0.4) is 0 Å². The number of likely N-dealkylation sites (tertiary alicyclic amines) is 1. The maximum Gasteiger partial charge on any atom is 0.419 e. The van der Waals surface area contributed by atoms with E-state index in [4.69, 9.17) is 22.1 Å². The van der Waals surface area contributed by atoms with Crippen LogP contribution in [0.5, 0.6) is 0 Å². The number of benzene rings is 2. The standard InChI is InChI=1S/C22H20ClFN2O5/c1-30-19(27)14-7-15(17(24)8-16(14)23)18-22(9-12-5-3-2-4-6-12)10-13(22)11-26(18)21(29)31-20(25)28/h2-8,13,18H,9-11H2,1H3,(H2,25,28). The molecule has 31 heavy (non-hydrogen) atoms. The van der Waals surface area contributed by atoms with Crippen LogP contribution in [0, 0.1) is 17.2 Å². The number of carbonyl (C=O) groups is 3. The molecule has 2 fully saturated rings. The highest BCUT2D eigenvalue weighted by Crippen LogP contribution is 2.69. The van der Waals surface area contributed by atoms with Gasteiger partial charge in [0.1, 0.15) is 5.82 Å². The van der Waals surface area contributed by atoms with Gasteiger partial charge >= 0.3 is 18.2 Å². The number of methoxy groups -OCH3 is 1. The maximum atomic E-state index is 15.1. The number of hydrogen-bond acceptors (Lipinski definition) is 5. The van der Waals surface area contributed by atoms with Crippen molar-refractivity contribution in [2.75, 3.05) is 13.7 Å². The summed E-state index contributed by atoms with van der Waals surface area (Å²) in [6.07, 6.45) is -0.860. The largest absolute Gasteiger partial charge is 0.465 e. The van der Waals surface area contributed by atoms with Crippen molar-refractivity contribution in [1.29, 1.82) is 0 Å². The third kappa shape index (κ3) is 3.72. The summed E-state index contributed by atoms with van der Waals surface area (Å²) in [4.78, 5) is 37.2. The Morgan fingerprint density at radius 1 is 1.26 bits per heavy atom. The molecule has 9 heteroatoms. The van der Waals surface area contributed by atoms with Crippen LogP contribution in [0.2, 0.25) is 5.02 Å². The van der Waals surface area contributed by atoms with Gasteiger partial charge in [0.25, 0.3) is 0 Å². The monoisotopic (exact) mass is 446 g/mol. The maximum absolute atomic E-state index is 15.1. The van der Waals surface area contributed by atoms with Crippen molar-refractivity contribution in [2.24, 2.45) is 17.1 Å². The SMILES string of the molecule is COC(=O)c1cc(C2N(C(=O)OC(N)=O)CC3CC32Cc2ccccc2)c(F)cc1Cl. The van der Waals surface area contributed by atoms with Gasteiger partial charge < -0.3 is 15.2 Å². The molecule has 1 aliphatic carbocycles. The minimum atomic E-state index is -1.24. The van der Waals surface area contributed by atoms with Crippen molar-refractivity contribution in [3.63, 3.8) is 0 Å². The normalized spacial score (nSPS) is 23.8. The Labute approximate surface area is 182 Å². The first-order valence-corrected chi connectivity index (χ1v) is 10.0. The average Bonchev–Trinajstić information content (AvgIpc) is 3.32. The molecular weight excluding hydrogens is 427 g/mol. The Morgan fingerprint density at radius 2 is 1.97 bits per heavy atom. The summed E-state index contributed by atoms with van der Waals surface area (Å²) in [6.45, 7) is 0.277. The van der Waals surface area contributed by atoms with Crippen LogP contribution in [0.1, 0.15) is 33.9 Å². The lowest BCUT2D eigenvalue weighted by atomic mass is 9.83.